The predicted molar refractivity (Wildman–Crippen MR) is 139 cm³/mol. The number of benzene rings is 2. The number of rotatable bonds is 2. The molecule has 1 N–H and O–H groups in total. The second-order valence-corrected chi connectivity index (χ2v) is 10.4. The Morgan fingerprint density at radius 1 is 1.14 bits per heavy atom. The Morgan fingerprint density at radius 2 is 2.06 bits per heavy atom. The first-order valence-electron chi connectivity index (χ1n) is 12.8. The van der Waals surface area contributed by atoms with Gasteiger partial charge in [0.1, 0.15) is 6.07 Å². The van der Waals surface area contributed by atoms with Gasteiger partial charge in [-0.25, -0.2) is 4.79 Å². The highest BCUT2D eigenvalue weighted by Gasteiger charge is 2.42. The van der Waals surface area contributed by atoms with Crippen LogP contribution in [0.2, 0.25) is 0 Å². The maximum Gasteiger partial charge on any atom is 0.324 e. The van der Waals surface area contributed by atoms with E-state index in [2.05, 4.69) is 63.4 Å². The van der Waals surface area contributed by atoms with Crippen molar-refractivity contribution in [1.29, 1.82) is 5.26 Å². The van der Waals surface area contributed by atoms with Crippen molar-refractivity contribution < 1.29 is 4.79 Å². The van der Waals surface area contributed by atoms with E-state index in [1.807, 2.05) is 21.9 Å². The van der Waals surface area contributed by atoms with Crippen LogP contribution in [-0.2, 0) is 6.54 Å². The molecule has 0 spiro atoms. The van der Waals surface area contributed by atoms with E-state index in [9.17, 15) is 10.1 Å². The summed E-state index contributed by atoms with van der Waals surface area (Å²) >= 11 is 0. The monoisotopic (exact) mass is 479 g/mol. The number of nitriles is 1. The molecule has 8 heteroatoms. The highest BCUT2D eigenvalue weighted by Crippen LogP contribution is 2.42. The van der Waals surface area contributed by atoms with Crippen molar-refractivity contribution in [3.05, 3.63) is 65.4 Å². The van der Waals surface area contributed by atoms with Crippen molar-refractivity contribution in [3.63, 3.8) is 0 Å². The van der Waals surface area contributed by atoms with E-state index < -0.39 is 0 Å². The zero-order valence-corrected chi connectivity index (χ0v) is 20.4. The van der Waals surface area contributed by atoms with Gasteiger partial charge in [-0.15, -0.1) is 0 Å². The molecule has 0 aliphatic carbocycles. The van der Waals surface area contributed by atoms with E-state index in [4.69, 9.17) is 0 Å². The number of carbonyl (C=O) groups is 1. The number of hydrogen-bond acceptors (Lipinski definition) is 6. The number of piperazine rings is 2. The summed E-state index contributed by atoms with van der Waals surface area (Å²) in [5, 5.41) is 14.0. The summed E-state index contributed by atoms with van der Waals surface area (Å²) < 4.78 is 0. The molecule has 3 fully saturated rings. The lowest BCUT2D eigenvalue weighted by Crippen LogP contribution is -2.51. The molecule has 0 radical (unpaired) electrons. The van der Waals surface area contributed by atoms with Crippen molar-refractivity contribution in [3.8, 4) is 6.07 Å². The number of amides is 2. The lowest BCUT2D eigenvalue weighted by atomic mass is 9.99. The maximum atomic E-state index is 13.1. The van der Waals surface area contributed by atoms with Crippen LogP contribution in [0.1, 0.15) is 29.7 Å². The van der Waals surface area contributed by atoms with Crippen LogP contribution in [0.4, 0.5) is 16.2 Å². The Labute approximate surface area is 210 Å². The number of carbonyl (C=O) groups excluding carboxylic acids is 1. The van der Waals surface area contributed by atoms with Crippen LogP contribution in [0.5, 0.6) is 0 Å². The van der Waals surface area contributed by atoms with Gasteiger partial charge in [-0.05, 0) is 54.4 Å². The van der Waals surface area contributed by atoms with Gasteiger partial charge in [0.25, 0.3) is 0 Å². The molecule has 0 unspecified atom stereocenters. The van der Waals surface area contributed by atoms with Gasteiger partial charge in [0.05, 0.1) is 23.2 Å². The van der Waals surface area contributed by atoms with Crippen LogP contribution in [0, 0.1) is 11.3 Å². The van der Waals surface area contributed by atoms with Gasteiger partial charge in [0.15, 0.2) is 0 Å². The molecule has 3 saturated heterocycles. The first kappa shape index (κ1) is 21.6. The normalized spacial score (nSPS) is 25.6. The van der Waals surface area contributed by atoms with Crippen molar-refractivity contribution >= 4 is 28.3 Å². The van der Waals surface area contributed by atoms with Crippen molar-refractivity contribution in [2.45, 2.75) is 31.6 Å². The molecule has 36 heavy (non-hydrogen) atoms. The molecular formula is C28H29N7O. The molecule has 3 atom stereocenters. The average molecular weight is 480 g/mol. The zero-order valence-electron chi connectivity index (χ0n) is 20.4. The fourth-order valence-electron chi connectivity index (χ4n) is 6.64. The largest absolute Gasteiger partial charge is 0.368 e. The van der Waals surface area contributed by atoms with Gasteiger partial charge in [-0.2, -0.15) is 5.26 Å². The van der Waals surface area contributed by atoms with Crippen LogP contribution in [-0.4, -0.2) is 72.2 Å². The fraction of sp³-hybridized carbons (Fsp3) is 0.393. The summed E-state index contributed by atoms with van der Waals surface area (Å²) in [4.78, 5) is 26.6. The van der Waals surface area contributed by atoms with E-state index in [-0.39, 0.29) is 12.1 Å². The molecule has 1 aromatic heterocycles. The van der Waals surface area contributed by atoms with E-state index in [1.54, 1.807) is 6.20 Å². The summed E-state index contributed by atoms with van der Waals surface area (Å²) in [6, 6.07) is 18.0. The minimum Gasteiger partial charge on any atom is -0.368 e. The van der Waals surface area contributed by atoms with Gasteiger partial charge >= 0.3 is 6.03 Å². The van der Waals surface area contributed by atoms with Gasteiger partial charge in [-0.1, -0.05) is 6.07 Å². The molecular weight excluding hydrogens is 450 g/mol. The molecule has 4 aliphatic heterocycles. The number of nitrogens with one attached hydrogen (secondary N) is 1. The number of urea groups is 1. The first-order valence-corrected chi connectivity index (χ1v) is 12.8. The first-order chi connectivity index (χ1) is 17.6. The minimum atomic E-state index is 0.137. The molecule has 4 aliphatic rings. The van der Waals surface area contributed by atoms with Crippen LogP contribution < -0.4 is 15.1 Å². The minimum absolute atomic E-state index is 0.137. The summed E-state index contributed by atoms with van der Waals surface area (Å²) in [6.07, 6.45) is 1.76. The van der Waals surface area contributed by atoms with Gasteiger partial charge < -0.3 is 15.1 Å². The highest BCUT2D eigenvalue weighted by molar-refractivity contribution is 5.96. The molecule has 0 saturated carbocycles. The standard InChI is InChI=1S/C28H29N7O/c1-18-14-32(25-7-4-19(12-29)27-24(25)3-2-8-31-27)17-26-23-6-5-21(11-20(23)15-34(18)26)35-16-22-13-30-9-10-33(22)28(35)36/h2-8,11,18,22,26,30H,9-10,13-17H2,1H3/t18-,22-,26-/m1/s1. The third kappa shape index (κ3) is 3.20. The fourth-order valence-corrected chi connectivity index (χ4v) is 6.64. The van der Waals surface area contributed by atoms with Crippen LogP contribution in [0.15, 0.2) is 48.7 Å². The Morgan fingerprint density at radius 3 is 2.92 bits per heavy atom. The molecule has 2 aromatic carbocycles. The molecule has 8 nitrogen and oxygen atoms in total. The quantitative estimate of drug-likeness (QED) is 0.609. The van der Waals surface area contributed by atoms with E-state index >= 15 is 0 Å². The summed E-state index contributed by atoms with van der Waals surface area (Å²) in [5.74, 6) is 0. The Hall–Kier alpha value is -3.67. The van der Waals surface area contributed by atoms with Crippen LogP contribution in [0.3, 0.4) is 0 Å². The summed E-state index contributed by atoms with van der Waals surface area (Å²) in [7, 11) is 0. The predicted octanol–water partition coefficient (Wildman–Crippen LogP) is 3.09. The lowest BCUT2D eigenvalue weighted by molar-refractivity contribution is 0.134. The SMILES string of the molecule is C[C@@H]1CN(c2ccc(C#N)c3ncccc23)C[C@@H]2c3ccc(N4C[C@H]5CNCCN5C4=O)cc3CN12. The molecule has 0 bridgehead atoms. The highest BCUT2D eigenvalue weighted by atomic mass is 16.2. The second-order valence-electron chi connectivity index (χ2n) is 10.4. The molecule has 2 amide bonds. The van der Waals surface area contributed by atoms with Crippen molar-refractivity contribution in [2.24, 2.45) is 0 Å². The van der Waals surface area contributed by atoms with Crippen molar-refractivity contribution in [1.82, 2.24) is 20.1 Å². The third-order valence-electron chi connectivity index (χ3n) is 8.42. The Balaban J connectivity index is 1.19. The summed E-state index contributed by atoms with van der Waals surface area (Å²) in [5.41, 5.74) is 6.23. The summed E-state index contributed by atoms with van der Waals surface area (Å²) in [6.45, 7) is 8.29. The third-order valence-corrected chi connectivity index (χ3v) is 8.42. The number of pyridine rings is 1. The molecule has 5 heterocycles. The van der Waals surface area contributed by atoms with Crippen LogP contribution in [0.25, 0.3) is 10.9 Å². The number of hydrogen-bond donors (Lipinski definition) is 1. The lowest BCUT2D eigenvalue weighted by Gasteiger charge is -2.43. The van der Waals surface area contributed by atoms with Gasteiger partial charge in [0.2, 0.25) is 0 Å². The van der Waals surface area contributed by atoms with Gasteiger partial charge in [-0.3, -0.25) is 14.8 Å². The Kier molecular flexibility index (Phi) is 4.91. The zero-order chi connectivity index (χ0) is 24.4. The molecule has 3 aromatic rings. The topological polar surface area (TPSA) is 78.7 Å². The number of fused-ring (bicyclic) bond motifs is 5. The second kappa shape index (κ2) is 8.19. The van der Waals surface area contributed by atoms with E-state index in [1.165, 1.54) is 11.1 Å². The number of nitrogens with zero attached hydrogens (tertiary/aromatic N) is 6. The Bertz CT molecular complexity index is 1410. The van der Waals surface area contributed by atoms with Crippen molar-refractivity contribution in [2.75, 3.05) is 49.1 Å². The number of aromatic nitrogens is 1. The van der Waals surface area contributed by atoms with Crippen LogP contribution >= 0.6 is 0 Å². The van der Waals surface area contributed by atoms with Gasteiger partial charge in [0, 0.05) is 74.8 Å². The molecule has 182 valence electrons. The number of anilines is 2. The molecule has 7 rings (SSSR count). The average Bonchev–Trinajstić information content (AvgIpc) is 3.45. The smallest absolute Gasteiger partial charge is 0.324 e. The van der Waals surface area contributed by atoms with E-state index in [0.717, 1.165) is 68.1 Å². The van der Waals surface area contributed by atoms with E-state index in [0.29, 0.717) is 17.6 Å². The maximum absolute atomic E-state index is 13.1.